The summed E-state index contributed by atoms with van der Waals surface area (Å²) in [4.78, 5) is 33.3. The Morgan fingerprint density at radius 2 is 1.66 bits per heavy atom. The molecule has 0 saturated carbocycles. The van der Waals surface area contributed by atoms with Crippen molar-refractivity contribution in [3.8, 4) is 6.07 Å². The normalized spacial score (nSPS) is 13.8. The lowest BCUT2D eigenvalue weighted by atomic mass is 9.95. The predicted molar refractivity (Wildman–Crippen MR) is 106 cm³/mol. The van der Waals surface area contributed by atoms with E-state index in [0.29, 0.717) is 25.7 Å². The average Bonchev–Trinajstić information content (AvgIpc) is 2.57. The van der Waals surface area contributed by atoms with E-state index in [1.807, 2.05) is 39.1 Å². The second-order valence-corrected chi connectivity index (χ2v) is 9.78. The van der Waals surface area contributed by atoms with Gasteiger partial charge in [0.2, 0.25) is 0 Å². The SMILES string of the molecule is CC(C)NN(NC(C)C)[P+](O)(O)CCC(CCC#N)CCCNC(=O)C(F)(F)F. The molecular formula is C17H34F3N5O3P+. The molecule has 0 aromatic carbocycles. The second kappa shape index (κ2) is 13.3. The van der Waals surface area contributed by atoms with E-state index < -0.39 is 20.0 Å². The van der Waals surface area contributed by atoms with Gasteiger partial charge in [0.05, 0.1) is 6.07 Å². The highest BCUT2D eigenvalue weighted by Crippen LogP contribution is 2.53. The third-order valence-electron chi connectivity index (χ3n) is 3.92. The monoisotopic (exact) mass is 444 g/mol. The summed E-state index contributed by atoms with van der Waals surface area (Å²) in [6, 6.07) is 1.96. The first-order chi connectivity index (χ1) is 13.3. The summed E-state index contributed by atoms with van der Waals surface area (Å²) in [5.41, 5.74) is 5.92. The van der Waals surface area contributed by atoms with E-state index in [4.69, 9.17) is 5.26 Å². The molecule has 0 rings (SSSR count). The van der Waals surface area contributed by atoms with Gasteiger partial charge in [-0.3, -0.25) is 4.79 Å². The topological polar surface area (TPSA) is 121 Å². The molecule has 0 aromatic heterocycles. The number of hydrazine groups is 2. The summed E-state index contributed by atoms with van der Waals surface area (Å²) >= 11 is 0. The smallest absolute Gasteiger partial charge is 0.348 e. The third kappa shape index (κ3) is 13.0. The molecule has 0 aliphatic heterocycles. The van der Waals surface area contributed by atoms with Crippen LogP contribution in [0.4, 0.5) is 13.2 Å². The number of halogens is 3. The number of hydrogen-bond donors (Lipinski definition) is 5. The Kier molecular flexibility index (Phi) is 12.8. The van der Waals surface area contributed by atoms with Crippen LogP contribution >= 0.6 is 7.87 Å². The number of nitrogens with one attached hydrogen (secondary N) is 3. The zero-order chi connectivity index (χ0) is 22.7. The van der Waals surface area contributed by atoms with Gasteiger partial charge < -0.3 is 5.32 Å². The molecule has 1 amide bonds. The van der Waals surface area contributed by atoms with Crippen molar-refractivity contribution in [2.24, 2.45) is 5.92 Å². The van der Waals surface area contributed by atoms with Gasteiger partial charge in [0.15, 0.2) is 0 Å². The van der Waals surface area contributed by atoms with Crippen LogP contribution in [0.5, 0.6) is 0 Å². The van der Waals surface area contributed by atoms with Gasteiger partial charge in [0, 0.05) is 29.9 Å². The lowest BCUT2D eigenvalue weighted by Gasteiger charge is -2.30. The van der Waals surface area contributed by atoms with Crippen molar-refractivity contribution in [2.45, 2.75) is 78.1 Å². The zero-order valence-corrected chi connectivity index (χ0v) is 18.4. The maximum atomic E-state index is 12.2. The van der Waals surface area contributed by atoms with E-state index in [-0.39, 0.29) is 37.1 Å². The van der Waals surface area contributed by atoms with Crippen LogP contribution in [-0.2, 0) is 4.79 Å². The Bertz CT molecular complexity index is 517. The Labute approximate surface area is 171 Å². The van der Waals surface area contributed by atoms with Gasteiger partial charge in [-0.25, -0.2) is 10.9 Å². The molecule has 0 spiro atoms. The molecule has 0 saturated heterocycles. The van der Waals surface area contributed by atoms with E-state index in [1.54, 1.807) is 0 Å². The minimum Gasteiger partial charge on any atom is -0.348 e. The summed E-state index contributed by atoms with van der Waals surface area (Å²) in [7, 11) is -3.51. The second-order valence-electron chi connectivity index (χ2n) is 7.54. The summed E-state index contributed by atoms with van der Waals surface area (Å²) in [5.74, 6) is -2.05. The van der Waals surface area contributed by atoms with Crippen LogP contribution in [-0.4, -0.2) is 51.5 Å². The lowest BCUT2D eigenvalue weighted by Crippen LogP contribution is -2.52. The molecule has 170 valence electrons. The van der Waals surface area contributed by atoms with Crippen LogP contribution in [0.25, 0.3) is 0 Å². The van der Waals surface area contributed by atoms with Crippen LogP contribution in [0, 0.1) is 17.2 Å². The number of rotatable bonds is 14. The standard InChI is InChI=1S/C17H33F3N5O3P/c1-13(2)23-25(24-14(3)4)29(27,28)12-9-15(7-5-10-21)8-6-11-22-16(26)17(18,19)20/h13-15,23-24,27-28H,5-9,11-12H2,1-4H3/p+1. The maximum Gasteiger partial charge on any atom is 0.471 e. The molecular weight excluding hydrogens is 410 g/mol. The highest BCUT2D eigenvalue weighted by molar-refractivity contribution is 7.62. The molecule has 0 radical (unpaired) electrons. The molecule has 0 aliphatic carbocycles. The number of hydrogen-bond acceptors (Lipinski definition) is 7. The minimum atomic E-state index is -4.91. The van der Waals surface area contributed by atoms with Crippen LogP contribution in [0.2, 0.25) is 0 Å². The van der Waals surface area contributed by atoms with E-state index in [9.17, 15) is 27.8 Å². The van der Waals surface area contributed by atoms with Crippen molar-refractivity contribution in [2.75, 3.05) is 12.7 Å². The zero-order valence-electron chi connectivity index (χ0n) is 17.5. The first-order valence-electron chi connectivity index (χ1n) is 9.68. The molecule has 1 atom stereocenters. The van der Waals surface area contributed by atoms with Crippen LogP contribution in [0.1, 0.15) is 59.8 Å². The highest BCUT2D eigenvalue weighted by atomic mass is 31.2. The van der Waals surface area contributed by atoms with Gasteiger partial charge >= 0.3 is 20.0 Å². The summed E-state index contributed by atoms with van der Waals surface area (Å²) in [6.45, 7) is 7.32. The number of amides is 1. The number of nitrogens with zero attached hydrogens (tertiary/aromatic N) is 2. The molecule has 1 unspecified atom stereocenters. The molecule has 8 nitrogen and oxygen atoms in total. The molecule has 29 heavy (non-hydrogen) atoms. The minimum absolute atomic E-state index is 0.0356. The predicted octanol–water partition coefficient (Wildman–Crippen LogP) is 2.63. The largest absolute Gasteiger partial charge is 0.471 e. The van der Waals surface area contributed by atoms with Gasteiger partial charge in [0.25, 0.3) is 0 Å². The van der Waals surface area contributed by atoms with Crippen molar-refractivity contribution >= 4 is 13.8 Å². The third-order valence-corrected chi connectivity index (χ3v) is 5.64. The van der Waals surface area contributed by atoms with Crippen molar-refractivity contribution in [3.63, 3.8) is 0 Å². The van der Waals surface area contributed by atoms with Gasteiger partial charge in [0.1, 0.15) is 6.16 Å². The number of nitriles is 1. The number of carbonyl (C=O) groups is 1. The van der Waals surface area contributed by atoms with Gasteiger partial charge in [-0.15, -0.1) is 0 Å². The van der Waals surface area contributed by atoms with E-state index in [1.165, 1.54) is 4.89 Å². The van der Waals surface area contributed by atoms with Crippen LogP contribution in [0.15, 0.2) is 0 Å². The van der Waals surface area contributed by atoms with Gasteiger partial charge in [-0.05, 0) is 59.3 Å². The van der Waals surface area contributed by atoms with E-state index >= 15 is 0 Å². The Morgan fingerprint density at radius 3 is 2.10 bits per heavy atom. The molecule has 0 bridgehead atoms. The Balaban J connectivity index is 4.74. The first-order valence-corrected chi connectivity index (χ1v) is 11.5. The molecule has 0 aromatic rings. The van der Waals surface area contributed by atoms with Crippen molar-refractivity contribution in [1.29, 1.82) is 5.26 Å². The molecule has 12 heteroatoms. The van der Waals surface area contributed by atoms with Crippen molar-refractivity contribution < 1.29 is 27.8 Å². The van der Waals surface area contributed by atoms with Crippen molar-refractivity contribution in [1.82, 2.24) is 21.1 Å². The number of alkyl halides is 3. The first kappa shape index (κ1) is 28.0. The fraction of sp³-hybridized carbons (Fsp3) is 0.882. The molecule has 0 aliphatic rings. The highest BCUT2D eigenvalue weighted by Gasteiger charge is 2.43. The van der Waals surface area contributed by atoms with Crippen LogP contribution < -0.4 is 16.2 Å². The Hall–Kier alpha value is -1.02. The van der Waals surface area contributed by atoms with Gasteiger partial charge in [-0.1, -0.05) is 0 Å². The molecule has 5 N–H and O–H groups in total. The average molecular weight is 444 g/mol. The maximum absolute atomic E-state index is 12.2. The lowest BCUT2D eigenvalue weighted by molar-refractivity contribution is -0.173. The molecule has 0 heterocycles. The van der Waals surface area contributed by atoms with Gasteiger partial charge in [-0.2, -0.15) is 28.2 Å². The van der Waals surface area contributed by atoms with E-state index in [2.05, 4.69) is 10.9 Å². The summed E-state index contributed by atoms with van der Waals surface area (Å²) in [6.07, 6.45) is -2.91. The Morgan fingerprint density at radius 1 is 1.10 bits per heavy atom. The summed E-state index contributed by atoms with van der Waals surface area (Å²) in [5, 5.41) is 10.6. The number of carbonyl (C=O) groups excluding carboxylic acids is 1. The fourth-order valence-electron chi connectivity index (χ4n) is 2.56. The molecule has 0 fully saturated rings. The quantitative estimate of drug-likeness (QED) is 0.159. The summed E-state index contributed by atoms with van der Waals surface area (Å²) < 4.78 is 36.6. The fourth-order valence-corrected chi connectivity index (χ4v) is 4.30. The van der Waals surface area contributed by atoms with E-state index in [0.717, 1.165) is 0 Å². The van der Waals surface area contributed by atoms with Crippen molar-refractivity contribution in [3.05, 3.63) is 0 Å². The van der Waals surface area contributed by atoms with Crippen LogP contribution in [0.3, 0.4) is 0 Å².